The van der Waals surface area contributed by atoms with E-state index in [2.05, 4.69) is 18.1 Å². The van der Waals surface area contributed by atoms with E-state index in [1.807, 2.05) is 47.7 Å². The number of likely N-dealkylation sites (tertiary alicyclic amines) is 1. The predicted octanol–water partition coefficient (Wildman–Crippen LogP) is 3.19. The average molecular weight is 341 g/mol. The molecule has 134 valence electrons. The molecule has 2 heterocycles. The number of ether oxygens (including phenoxy) is 1. The van der Waals surface area contributed by atoms with Gasteiger partial charge in [0, 0.05) is 31.0 Å². The summed E-state index contributed by atoms with van der Waals surface area (Å²) in [7, 11) is 0. The van der Waals surface area contributed by atoms with Gasteiger partial charge in [0.1, 0.15) is 0 Å². The number of carbonyl (C=O) groups is 1. The van der Waals surface area contributed by atoms with Crippen LogP contribution >= 0.6 is 0 Å². The van der Waals surface area contributed by atoms with Crippen molar-refractivity contribution >= 4 is 5.91 Å². The van der Waals surface area contributed by atoms with Gasteiger partial charge < -0.3 is 9.64 Å². The Morgan fingerprint density at radius 1 is 1.32 bits per heavy atom. The summed E-state index contributed by atoms with van der Waals surface area (Å²) in [6.07, 6.45) is 2.21. The Morgan fingerprint density at radius 3 is 2.88 bits per heavy atom. The molecule has 2 aromatic rings. The molecule has 0 radical (unpaired) electrons. The van der Waals surface area contributed by atoms with Crippen molar-refractivity contribution in [1.29, 1.82) is 0 Å². The zero-order valence-electron chi connectivity index (χ0n) is 15.4. The first-order valence-electron chi connectivity index (χ1n) is 9.07. The van der Waals surface area contributed by atoms with Crippen LogP contribution in [0.15, 0.2) is 30.3 Å². The van der Waals surface area contributed by atoms with Gasteiger partial charge in [-0.15, -0.1) is 0 Å². The van der Waals surface area contributed by atoms with Crippen molar-refractivity contribution in [2.24, 2.45) is 0 Å². The Bertz CT molecular complexity index is 736. The fourth-order valence-corrected chi connectivity index (χ4v) is 3.49. The van der Waals surface area contributed by atoms with Crippen LogP contribution in [0.5, 0.6) is 0 Å². The minimum absolute atomic E-state index is 0.0969. The summed E-state index contributed by atoms with van der Waals surface area (Å²) in [6.45, 7) is 8.93. The number of aryl methyl sites for hydroxylation is 2. The number of rotatable bonds is 5. The lowest BCUT2D eigenvalue weighted by Crippen LogP contribution is -2.43. The van der Waals surface area contributed by atoms with E-state index in [-0.39, 0.29) is 12.0 Å². The molecule has 3 rings (SSSR count). The molecule has 0 unspecified atom stereocenters. The van der Waals surface area contributed by atoms with E-state index >= 15 is 0 Å². The van der Waals surface area contributed by atoms with Gasteiger partial charge in [-0.05, 0) is 57.4 Å². The maximum absolute atomic E-state index is 12.9. The molecule has 1 aliphatic rings. The van der Waals surface area contributed by atoms with Crippen LogP contribution in [0.25, 0.3) is 0 Å². The molecular formula is C20H27N3O2. The second-order valence-corrected chi connectivity index (χ2v) is 6.76. The van der Waals surface area contributed by atoms with Crippen LogP contribution in [0.2, 0.25) is 0 Å². The number of piperidine rings is 1. The van der Waals surface area contributed by atoms with Crippen LogP contribution in [0.1, 0.15) is 47.1 Å². The van der Waals surface area contributed by atoms with Crippen LogP contribution in [-0.4, -0.2) is 46.4 Å². The molecule has 0 bridgehead atoms. The normalized spacial score (nSPS) is 17.7. The second-order valence-electron chi connectivity index (χ2n) is 6.76. The van der Waals surface area contributed by atoms with Crippen molar-refractivity contribution in [3.05, 3.63) is 52.8 Å². The Morgan fingerprint density at radius 2 is 2.16 bits per heavy atom. The van der Waals surface area contributed by atoms with E-state index < -0.39 is 0 Å². The van der Waals surface area contributed by atoms with Gasteiger partial charge in [-0.1, -0.05) is 12.1 Å². The van der Waals surface area contributed by atoms with Gasteiger partial charge in [-0.25, -0.2) is 0 Å². The van der Waals surface area contributed by atoms with E-state index in [0.717, 1.165) is 41.9 Å². The molecule has 5 heteroatoms. The highest BCUT2D eigenvalue weighted by atomic mass is 16.5. The largest absolute Gasteiger partial charge is 0.377 e. The summed E-state index contributed by atoms with van der Waals surface area (Å²) >= 11 is 0. The number of aromatic nitrogens is 2. The molecule has 1 aliphatic heterocycles. The summed E-state index contributed by atoms with van der Waals surface area (Å²) in [6, 6.07) is 9.96. The molecule has 1 amide bonds. The van der Waals surface area contributed by atoms with Crippen molar-refractivity contribution < 1.29 is 9.53 Å². The summed E-state index contributed by atoms with van der Waals surface area (Å²) in [5.74, 6) is 0.0969. The third-order valence-electron chi connectivity index (χ3n) is 4.68. The van der Waals surface area contributed by atoms with Crippen molar-refractivity contribution in [1.82, 2.24) is 14.7 Å². The molecule has 5 nitrogen and oxygen atoms in total. The van der Waals surface area contributed by atoms with Gasteiger partial charge in [0.25, 0.3) is 5.91 Å². The summed E-state index contributed by atoms with van der Waals surface area (Å²) in [5.41, 5.74) is 3.98. The molecule has 25 heavy (non-hydrogen) atoms. The molecular weight excluding hydrogens is 314 g/mol. The SMILES string of the molecule is CCO[C@@H]1CCCN(C(=O)c2cccc(Cn3nc(C)cc3C)c2)C1. The number of amides is 1. The van der Waals surface area contributed by atoms with Crippen molar-refractivity contribution in [3.63, 3.8) is 0 Å². The van der Waals surface area contributed by atoms with Crippen molar-refractivity contribution in [2.45, 2.75) is 46.3 Å². The van der Waals surface area contributed by atoms with E-state index in [9.17, 15) is 4.79 Å². The van der Waals surface area contributed by atoms with Crippen LogP contribution in [0.3, 0.4) is 0 Å². The Hall–Kier alpha value is -2.14. The predicted molar refractivity (Wildman–Crippen MR) is 97.8 cm³/mol. The molecule has 0 saturated carbocycles. The molecule has 0 aliphatic carbocycles. The van der Waals surface area contributed by atoms with E-state index in [1.54, 1.807) is 0 Å². The monoisotopic (exact) mass is 341 g/mol. The van der Waals surface area contributed by atoms with Gasteiger partial charge in [-0.2, -0.15) is 5.10 Å². The highest BCUT2D eigenvalue weighted by Gasteiger charge is 2.24. The van der Waals surface area contributed by atoms with Crippen molar-refractivity contribution in [3.8, 4) is 0 Å². The molecule has 1 aromatic heterocycles. The topological polar surface area (TPSA) is 47.4 Å². The number of carbonyl (C=O) groups excluding carboxylic acids is 1. The van der Waals surface area contributed by atoms with E-state index in [1.165, 1.54) is 0 Å². The molecule has 1 atom stereocenters. The third kappa shape index (κ3) is 4.28. The first kappa shape index (κ1) is 17.7. The summed E-state index contributed by atoms with van der Waals surface area (Å²) in [5, 5.41) is 4.51. The van der Waals surface area contributed by atoms with Gasteiger partial charge >= 0.3 is 0 Å². The lowest BCUT2D eigenvalue weighted by Gasteiger charge is -2.32. The van der Waals surface area contributed by atoms with Gasteiger partial charge in [0.15, 0.2) is 0 Å². The molecule has 0 spiro atoms. The van der Waals surface area contributed by atoms with Crippen LogP contribution in [0.4, 0.5) is 0 Å². The minimum atomic E-state index is 0.0969. The average Bonchev–Trinajstić information content (AvgIpc) is 2.92. The number of nitrogens with zero attached hydrogens (tertiary/aromatic N) is 3. The highest BCUT2D eigenvalue weighted by Crippen LogP contribution is 2.17. The fraction of sp³-hybridized carbons (Fsp3) is 0.500. The van der Waals surface area contributed by atoms with Crippen LogP contribution in [-0.2, 0) is 11.3 Å². The Kier molecular flexibility index (Phi) is 5.53. The minimum Gasteiger partial charge on any atom is -0.377 e. The number of hydrogen-bond donors (Lipinski definition) is 0. The molecule has 0 N–H and O–H groups in total. The maximum Gasteiger partial charge on any atom is 0.253 e. The standard InChI is InChI=1S/C20H27N3O2/c1-4-25-19-9-6-10-22(14-19)20(24)18-8-5-7-17(12-18)13-23-16(3)11-15(2)21-23/h5,7-8,11-12,19H,4,6,9-10,13-14H2,1-3H3/t19-/m1/s1. The lowest BCUT2D eigenvalue weighted by molar-refractivity contribution is 0.00724. The summed E-state index contributed by atoms with van der Waals surface area (Å²) < 4.78 is 7.69. The number of hydrogen-bond acceptors (Lipinski definition) is 3. The van der Waals surface area contributed by atoms with Gasteiger partial charge in [-0.3, -0.25) is 9.48 Å². The third-order valence-corrected chi connectivity index (χ3v) is 4.68. The van der Waals surface area contributed by atoms with Gasteiger partial charge in [0.05, 0.1) is 18.3 Å². The lowest BCUT2D eigenvalue weighted by atomic mass is 10.1. The van der Waals surface area contributed by atoms with Crippen LogP contribution in [0, 0.1) is 13.8 Å². The fourth-order valence-electron chi connectivity index (χ4n) is 3.49. The summed E-state index contributed by atoms with van der Waals surface area (Å²) in [4.78, 5) is 14.8. The zero-order valence-corrected chi connectivity index (χ0v) is 15.4. The maximum atomic E-state index is 12.9. The molecule has 1 aromatic carbocycles. The van der Waals surface area contributed by atoms with Gasteiger partial charge in [0.2, 0.25) is 0 Å². The zero-order chi connectivity index (χ0) is 17.8. The Balaban J connectivity index is 1.72. The first-order valence-corrected chi connectivity index (χ1v) is 9.07. The first-order chi connectivity index (χ1) is 12.1. The molecule has 1 fully saturated rings. The van der Waals surface area contributed by atoms with E-state index in [0.29, 0.717) is 19.7 Å². The van der Waals surface area contributed by atoms with Crippen molar-refractivity contribution in [2.75, 3.05) is 19.7 Å². The van der Waals surface area contributed by atoms with E-state index in [4.69, 9.17) is 4.74 Å². The molecule has 1 saturated heterocycles. The quantitative estimate of drug-likeness (QED) is 0.839. The van der Waals surface area contributed by atoms with Crippen LogP contribution < -0.4 is 0 Å². The number of benzene rings is 1. The Labute approximate surface area is 149 Å². The second kappa shape index (κ2) is 7.83. The highest BCUT2D eigenvalue weighted by molar-refractivity contribution is 5.94. The smallest absolute Gasteiger partial charge is 0.253 e.